The Hall–Kier alpha value is -3.08. The number of aromatic amines is 1. The van der Waals surface area contributed by atoms with E-state index in [-0.39, 0.29) is 12.3 Å². The minimum Gasteiger partial charge on any atom is -0.465 e. The molecule has 2 N–H and O–H groups in total. The van der Waals surface area contributed by atoms with Crippen molar-refractivity contribution in [3.8, 4) is 0 Å². The van der Waals surface area contributed by atoms with Gasteiger partial charge in [-0.05, 0) is 30.2 Å². The van der Waals surface area contributed by atoms with Gasteiger partial charge < -0.3 is 15.0 Å². The number of esters is 1. The Morgan fingerprint density at radius 3 is 2.71 bits per heavy atom. The number of benzene rings is 2. The first kappa shape index (κ1) is 15.8. The predicted molar refractivity (Wildman–Crippen MR) is 93.2 cm³/mol. The van der Waals surface area contributed by atoms with Gasteiger partial charge in [0.1, 0.15) is 0 Å². The molecule has 0 saturated heterocycles. The van der Waals surface area contributed by atoms with Crippen molar-refractivity contribution in [3.63, 3.8) is 0 Å². The van der Waals surface area contributed by atoms with Crippen LogP contribution in [0.4, 0.5) is 5.69 Å². The second kappa shape index (κ2) is 6.58. The van der Waals surface area contributed by atoms with Crippen molar-refractivity contribution in [1.29, 1.82) is 0 Å². The molecule has 24 heavy (non-hydrogen) atoms. The van der Waals surface area contributed by atoms with E-state index >= 15 is 0 Å². The molecule has 0 unspecified atom stereocenters. The Kier molecular flexibility index (Phi) is 4.33. The minimum atomic E-state index is -0.463. The summed E-state index contributed by atoms with van der Waals surface area (Å²) >= 11 is 0. The fourth-order valence-corrected chi connectivity index (χ4v) is 2.79. The van der Waals surface area contributed by atoms with Gasteiger partial charge in [0.05, 0.1) is 24.8 Å². The number of carbonyl (C=O) groups is 2. The van der Waals surface area contributed by atoms with Crippen LogP contribution in [0, 0.1) is 6.92 Å². The van der Waals surface area contributed by atoms with Crippen molar-refractivity contribution < 1.29 is 14.3 Å². The first-order valence-corrected chi connectivity index (χ1v) is 7.63. The van der Waals surface area contributed by atoms with Gasteiger partial charge in [-0.1, -0.05) is 30.3 Å². The van der Waals surface area contributed by atoms with E-state index < -0.39 is 5.97 Å². The molecule has 0 bridgehead atoms. The topological polar surface area (TPSA) is 71.2 Å². The van der Waals surface area contributed by atoms with Gasteiger partial charge >= 0.3 is 5.97 Å². The Labute approximate surface area is 139 Å². The standard InChI is InChI=1S/C19H18N2O3/c1-12-6-5-9-16(18(12)19(23)24-2)21-17(22)10-13-11-20-15-8-4-3-7-14(13)15/h3-9,11,20H,10H2,1-2H3,(H,21,22). The van der Waals surface area contributed by atoms with Crippen LogP contribution in [-0.4, -0.2) is 24.0 Å². The molecule has 0 aliphatic heterocycles. The number of anilines is 1. The first-order valence-electron chi connectivity index (χ1n) is 7.63. The Bertz CT molecular complexity index is 912. The molecule has 0 spiro atoms. The second-order valence-electron chi connectivity index (χ2n) is 5.57. The number of para-hydroxylation sites is 1. The summed E-state index contributed by atoms with van der Waals surface area (Å²) in [7, 11) is 1.33. The Morgan fingerprint density at radius 1 is 1.12 bits per heavy atom. The zero-order chi connectivity index (χ0) is 17.1. The van der Waals surface area contributed by atoms with Crippen LogP contribution >= 0.6 is 0 Å². The third-order valence-corrected chi connectivity index (χ3v) is 3.96. The molecule has 1 aromatic heterocycles. The van der Waals surface area contributed by atoms with Crippen LogP contribution in [0.15, 0.2) is 48.7 Å². The smallest absolute Gasteiger partial charge is 0.340 e. The summed E-state index contributed by atoms with van der Waals surface area (Å²) in [6.07, 6.45) is 2.06. The molecule has 2 aromatic carbocycles. The van der Waals surface area contributed by atoms with Gasteiger partial charge in [0.25, 0.3) is 0 Å². The molecule has 0 radical (unpaired) electrons. The van der Waals surface area contributed by atoms with Crippen LogP contribution in [0.3, 0.4) is 0 Å². The van der Waals surface area contributed by atoms with E-state index in [0.29, 0.717) is 11.3 Å². The number of nitrogens with one attached hydrogen (secondary N) is 2. The molecule has 0 saturated carbocycles. The molecule has 1 heterocycles. The SMILES string of the molecule is COC(=O)c1c(C)cccc1NC(=O)Cc1c[nH]c2ccccc12. The van der Waals surface area contributed by atoms with Crippen molar-refractivity contribution in [2.75, 3.05) is 12.4 Å². The molecule has 5 heteroatoms. The average molecular weight is 322 g/mol. The molecule has 0 atom stereocenters. The summed E-state index contributed by atoms with van der Waals surface area (Å²) in [4.78, 5) is 27.5. The van der Waals surface area contributed by atoms with Gasteiger partial charge in [-0.2, -0.15) is 0 Å². The number of hydrogen-bond donors (Lipinski definition) is 2. The molecular weight excluding hydrogens is 304 g/mol. The molecule has 5 nitrogen and oxygen atoms in total. The summed E-state index contributed by atoms with van der Waals surface area (Å²) < 4.78 is 4.81. The van der Waals surface area contributed by atoms with Gasteiger partial charge in [0.15, 0.2) is 0 Å². The van der Waals surface area contributed by atoms with E-state index in [1.165, 1.54) is 7.11 Å². The number of aryl methyl sites for hydroxylation is 1. The summed E-state index contributed by atoms with van der Waals surface area (Å²) in [5.74, 6) is -0.647. The maximum absolute atomic E-state index is 12.4. The van der Waals surface area contributed by atoms with Crippen LogP contribution < -0.4 is 5.32 Å². The zero-order valence-electron chi connectivity index (χ0n) is 13.6. The quantitative estimate of drug-likeness (QED) is 0.723. The maximum atomic E-state index is 12.4. The van der Waals surface area contributed by atoms with E-state index in [2.05, 4.69) is 10.3 Å². The van der Waals surface area contributed by atoms with Crippen LogP contribution in [0.25, 0.3) is 10.9 Å². The van der Waals surface area contributed by atoms with Gasteiger partial charge in [-0.15, -0.1) is 0 Å². The number of rotatable bonds is 4. The zero-order valence-corrected chi connectivity index (χ0v) is 13.6. The van der Waals surface area contributed by atoms with Gasteiger partial charge in [-0.3, -0.25) is 4.79 Å². The number of amides is 1. The van der Waals surface area contributed by atoms with E-state index in [1.807, 2.05) is 43.5 Å². The monoisotopic (exact) mass is 322 g/mol. The second-order valence-corrected chi connectivity index (χ2v) is 5.57. The van der Waals surface area contributed by atoms with Crippen molar-refractivity contribution >= 4 is 28.5 Å². The normalized spacial score (nSPS) is 10.6. The average Bonchev–Trinajstić information content (AvgIpc) is 2.97. The number of aromatic nitrogens is 1. The highest BCUT2D eigenvalue weighted by atomic mass is 16.5. The lowest BCUT2D eigenvalue weighted by Gasteiger charge is -2.12. The van der Waals surface area contributed by atoms with Crippen LogP contribution in [0.2, 0.25) is 0 Å². The summed E-state index contributed by atoms with van der Waals surface area (Å²) in [6, 6.07) is 13.1. The Morgan fingerprint density at radius 2 is 1.92 bits per heavy atom. The largest absolute Gasteiger partial charge is 0.465 e. The third-order valence-electron chi connectivity index (χ3n) is 3.96. The molecule has 0 fully saturated rings. The van der Waals surface area contributed by atoms with E-state index in [0.717, 1.165) is 22.0 Å². The highest BCUT2D eigenvalue weighted by molar-refractivity contribution is 6.03. The van der Waals surface area contributed by atoms with Crippen LogP contribution in [-0.2, 0) is 16.0 Å². The van der Waals surface area contributed by atoms with E-state index in [1.54, 1.807) is 12.1 Å². The third kappa shape index (κ3) is 3.01. The number of methoxy groups -OCH3 is 1. The molecule has 1 amide bonds. The fraction of sp³-hybridized carbons (Fsp3) is 0.158. The lowest BCUT2D eigenvalue weighted by molar-refractivity contribution is -0.115. The summed E-state index contributed by atoms with van der Waals surface area (Å²) in [5, 5.41) is 3.83. The van der Waals surface area contributed by atoms with E-state index in [9.17, 15) is 9.59 Å². The number of ether oxygens (including phenoxy) is 1. The molecule has 0 aliphatic carbocycles. The first-order chi connectivity index (χ1) is 11.6. The van der Waals surface area contributed by atoms with Crippen LogP contribution in [0.1, 0.15) is 21.5 Å². The van der Waals surface area contributed by atoms with Gasteiger partial charge in [0, 0.05) is 17.1 Å². The molecule has 122 valence electrons. The van der Waals surface area contributed by atoms with Gasteiger partial charge in [-0.25, -0.2) is 4.79 Å². The fourth-order valence-electron chi connectivity index (χ4n) is 2.79. The summed E-state index contributed by atoms with van der Waals surface area (Å²) in [6.45, 7) is 1.81. The molecule has 0 aliphatic rings. The van der Waals surface area contributed by atoms with Crippen LogP contribution in [0.5, 0.6) is 0 Å². The highest BCUT2D eigenvalue weighted by Crippen LogP contribution is 2.22. The minimum absolute atomic E-state index is 0.185. The van der Waals surface area contributed by atoms with Crippen molar-refractivity contribution in [1.82, 2.24) is 4.98 Å². The lowest BCUT2D eigenvalue weighted by atomic mass is 10.1. The highest BCUT2D eigenvalue weighted by Gasteiger charge is 2.17. The predicted octanol–water partition coefficient (Wildman–Crippen LogP) is 3.44. The molecule has 3 rings (SSSR count). The number of carbonyl (C=O) groups excluding carboxylic acids is 2. The number of fused-ring (bicyclic) bond motifs is 1. The molecular formula is C19H18N2O3. The van der Waals surface area contributed by atoms with Gasteiger partial charge in [0.2, 0.25) is 5.91 Å². The Balaban J connectivity index is 1.83. The number of H-pyrrole nitrogens is 1. The van der Waals surface area contributed by atoms with Crippen molar-refractivity contribution in [2.24, 2.45) is 0 Å². The number of hydrogen-bond acceptors (Lipinski definition) is 3. The van der Waals surface area contributed by atoms with Crippen molar-refractivity contribution in [2.45, 2.75) is 13.3 Å². The van der Waals surface area contributed by atoms with E-state index in [4.69, 9.17) is 4.74 Å². The molecule has 3 aromatic rings. The van der Waals surface area contributed by atoms with Crippen molar-refractivity contribution in [3.05, 3.63) is 65.4 Å². The maximum Gasteiger partial charge on any atom is 0.340 e. The summed E-state index contributed by atoms with van der Waals surface area (Å²) in [5.41, 5.74) is 3.51. The lowest BCUT2D eigenvalue weighted by Crippen LogP contribution is -2.17.